The van der Waals surface area contributed by atoms with Crippen molar-refractivity contribution in [2.45, 2.75) is 25.8 Å². The van der Waals surface area contributed by atoms with E-state index in [1.165, 1.54) is 0 Å². The van der Waals surface area contributed by atoms with Crippen LogP contribution in [0.4, 0.5) is 0 Å². The second-order valence-electron chi connectivity index (χ2n) is 3.78. The van der Waals surface area contributed by atoms with Gasteiger partial charge in [0.05, 0.1) is 11.6 Å². The largest absolute Gasteiger partial charge is 0.396 e. The van der Waals surface area contributed by atoms with E-state index in [1.807, 2.05) is 13.0 Å². The van der Waals surface area contributed by atoms with Crippen LogP contribution < -0.4 is 5.32 Å². The van der Waals surface area contributed by atoms with Crippen molar-refractivity contribution in [1.82, 2.24) is 5.32 Å². The van der Waals surface area contributed by atoms with Crippen LogP contribution in [0.3, 0.4) is 0 Å². The van der Waals surface area contributed by atoms with Gasteiger partial charge in [-0.05, 0) is 31.0 Å². The first-order valence-electron chi connectivity index (χ1n) is 5.63. The summed E-state index contributed by atoms with van der Waals surface area (Å²) in [5.41, 5.74) is 0.938. The molecule has 4 heteroatoms. The van der Waals surface area contributed by atoms with Crippen LogP contribution in [-0.2, 0) is 0 Å². The number of nitriles is 1. The van der Waals surface area contributed by atoms with Gasteiger partial charge in [0.25, 0.3) is 5.91 Å². The fraction of sp³-hybridized carbons (Fsp3) is 0.385. The minimum absolute atomic E-state index is 0.0294. The first kappa shape index (κ1) is 13.2. The lowest BCUT2D eigenvalue weighted by Crippen LogP contribution is -2.35. The van der Waals surface area contributed by atoms with Crippen LogP contribution in [0.5, 0.6) is 0 Å². The number of carbonyl (C=O) groups excluding carboxylic acids is 1. The quantitative estimate of drug-likeness (QED) is 0.807. The third kappa shape index (κ3) is 3.89. The van der Waals surface area contributed by atoms with Gasteiger partial charge in [0, 0.05) is 18.2 Å². The third-order valence-corrected chi connectivity index (χ3v) is 2.56. The number of amides is 1. The Morgan fingerprint density at radius 3 is 2.94 bits per heavy atom. The summed E-state index contributed by atoms with van der Waals surface area (Å²) in [5.74, 6) is -0.206. The number of aliphatic hydroxyl groups is 1. The smallest absolute Gasteiger partial charge is 0.251 e. The summed E-state index contributed by atoms with van der Waals surface area (Å²) in [4.78, 5) is 11.9. The van der Waals surface area contributed by atoms with E-state index in [2.05, 4.69) is 5.32 Å². The molecule has 1 aromatic rings. The maximum Gasteiger partial charge on any atom is 0.251 e. The van der Waals surface area contributed by atoms with Crippen molar-refractivity contribution < 1.29 is 9.90 Å². The van der Waals surface area contributed by atoms with Crippen LogP contribution in [0.2, 0.25) is 0 Å². The zero-order chi connectivity index (χ0) is 12.7. The number of benzene rings is 1. The molecule has 0 aromatic heterocycles. The van der Waals surface area contributed by atoms with Gasteiger partial charge in [0.15, 0.2) is 0 Å². The van der Waals surface area contributed by atoms with Gasteiger partial charge >= 0.3 is 0 Å². The Morgan fingerprint density at radius 1 is 1.59 bits per heavy atom. The molecule has 4 nitrogen and oxygen atoms in total. The summed E-state index contributed by atoms with van der Waals surface area (Å²) in [6.07, 6.45) is 1.31. The standard InChI is InChI=1S/C13H16N2O2/c1-2-12(6-7-16)15-13(17)11-5-3-4-10(8-11)9-14/h3-5,8,12,16H,2,6-7H2,1H3,(H,15,17). The fourth-order valence-corrected chi connectivity index (χ4v) is 1.53. The zero-order valence-electron chi connectivity index (χ0n) is 9.81. The maximum atomic E-state index is 11.9. The number of hydrogen-bond acceptors (Lipinski definition) is 3. The summed E-state index contributed by atoms with van der Waals surface area (Å²) in [6.45, 7) is 2.00. The first-order chi connectivity index (χ1) is 8.21. The number of rotatable bonds is 5. The molecule has 0 fully saturated rings. The Morgan fingerprint density at radius 2 is 2.35 bits per heavy atom. The van der Waals surface area contributed by atoms with Gasteiger partial charge in [-0.25, -0.2) is 0 Å². The molecule has 90 valence electrons. The molecule has 1 atom stereocenters. The molecule has 0 radical (unpaired) electrons. The van der Waals surface area contributed by atoms with Crippen molar-refractivity contribution in [2.24, 2.45) is 0 Å². The predicted molar refractivity (Wildman–Crippen MR) is 64.4 cm³/mol. The van der Waals surface area contributed by atoms with Gasteiger partial charge in [0.1, 0.15) is 0 Å². The molecule has 0 aliphatic rings. The summed E-state index contributed by atoms with van der Waals surface area (Å²) < 4.78 is 0. The molecule has 2 N–H and O–H groups in total. The zero-order valence-corrected chi connectivity index (χ0v) is 9.81. The molecule has 1 aromatic carbocycles. The highest BCUT2D eigenvalue weighted by Gasteiger charge is 2.11. The van der Waals surface area contributed by atoms with Crippen molar-refractivity contribution in [3.8, 4) is 6.07 Å². The number of nitrogens with zero attached hydrogens (tertiary/aromatic N) is 1. The Bertz CT molecular complexity index is 424. The molecular formula is C13H16N2O2. The summed E-state index contributed by atoms with van der Waals surface area (Å²) in [5, 5.41) is 20.4. The van der Waals surface area contributed by atoms with Gasteiger partial charge in [-0.1, -0.05) is 13.0 Å². The van der Waals surface area contributed by atoms with E-state index in [4.69, 9.17) is 10.4 Å². The highest BCUT2D eigenvalue weighted by atomic mass is 16.3. The minimum atomic E-state index is -0.206. The maximum absolute atomic E-state index is 11.9. The second kappa shape index (κ2) is 6.66. The Labute approximate surface area is 101 Å². The number of nitrogens with one attached hydrogen (secondary N) is 1. The van der Waals surface area contributed by atoms with Crippen LogP contribution in [0.15, 0.2) is 24.3 Å². The molecular weight excluding hydrogens is 216 g/mol. The molecule has 0 saturated heterocycles. The van der Waals surface area contributed by atoms with Crippen LogP contribution >= 0.6 is 0 Å². The van der Waals surface area contributed by atoms with E-state index < -0.39 is 0 Å². The Kier molecular flexibility index (Phi) is 5.18. The lowest BCUT2D eigenvalue weighted by molar-refractivity contribution is 0.0929. The predicted octanol–water partition coefficient (Wildman–Crippen LogP) is 1.45. The van der Waals surface area contributed by atoms with Crippen LogP contribution in [-0.4, -0.2) is 23.7 Å². The molecule has 1 amide bonds. The summed E-state index contributed by atoms with van der Waals surface area (Å²) >= 11 is 0. The summed E-state index contributed by atoms with van der Waals surface area (Å²) in [6, 6.07) is 8.53. The molecule has 1 rings (SSSR count). The molecule has 0 aliphatic carbocycles. The first-order valence-corrected chi connectivity index (χ1v) is 5.63. The lowest BCUT2D eigenvalue weighted by Gasteiger charge is -2.15. The van der Waals surface area contributed by atoms with Gasteiger partial charge < -0.3 is 10.4 Å². The van der Waals surface area contributed by atoms with Crippen molar-refractivity contribution in [3.05, 3.63) is 35.4 Å². The average molecular weight is 232 g/mol. The molecule has 17 heavy (non-hydrogen) atoms. The van der Waals surface area contributed by atoms with Gasteiger partial charge in [0.2, 0.25) is 0 Å². The van der Waals surface area contributed by atoms with E-state index in [1.54, 1.807) is 24.3 Å². The SMILES string of the molecule is CCC(CCO)NC(=O)c1cccc(C#N)c1. The van der Waals surface area contributed by atoms with E-state index in [9.17, 15) is 4.79 Å². The van der Waals surface area contributed by atoms with E-state index in [-0.39, 0.29) is 18.6 Å². The van der Waals surface area contributed by atoms with Crippen molar-refractivity contribution in [3.63, 3.8) is 0 Å². The Hall–Kier alpha value is -1.86. The highest BCUT2D eigenvalue weighted by molar-refractivity contribution is 5.94. The number of aliphatic hydroxyl groups excluding tert-OH is 1. The molecule has 0 saturated carbocycles. The van der Waals surface area contributed by atoms with Gasteiger partial charge in [-0.3, -0.25) is 4.79 Å². The molecule has 0 heterocycles. The van der Waals surface area contributed by atoms with E-state index in [0.29, 0.717) is 17.5 Å². The normalized spacial score (nSPS) is 11.6. The van der Waals surface area contributed by atoms with Crippen LogP contribution in [0, 0.1) is 11.3 Å². The average Bonchev–Trinajstić information content (AvgIpc) is 2.38. The van der Waals surface area contributed by atoms with E-state index in [0.717, 1.165) is 6.42 Å². The van der Waals surface area contributed by atoms with Crippen LogP contribution in [0.1, 0.15) is 35.7 Å². The van der Waals surface area contributed by atoms with Crippen molar-refractivity contribution >= 4 is 5.91 Å². The lowest BCUT2D eigenvalue weighted by atomic mass is 10.1. The van der Waals surface area contributed by atoms with Crippen molar-refractivity contribution in [2.75, 3.05) is 6.61 Å². The fourth-order valence-electron chi connectivity index (χ4n) is 1.53. The Balaban J connectivity index is 2.72. The highest BCUT2D eigenvalue weighted by Crippen LogP contribution is 2.06. The van der Waals surface area contributed by atoms with Crippen LogP contribution in [0.25, 0.3) is 0 Å². The molecule has 1 unspecified atom stereocenters. The van der Waals surface area contributed by atoms with Crippen molar-refractivity contribution in [1.29, 1.82) is 5.26 Å². The monoisotopic (exact) mass is 232 g/mol. The second-order valence-corrected chi connectivity index (χ2v) is 3.78. The van der Waals surface area contributed by atoms with Gasteiger partial charge in [-0.2, -0.15) is 5.26 Å². The van der Waals surface area contributed by atoms with E-state index >= 15 is 0 Å². The topological polar surface area (TPSA) is 73.1 Å². The molecule has 0 aliphatic heterocycles. The number of carbonyl (C=O) groups is 1. The molecule has 0 spiro atoms. The number of hydrogen-bond donors (Lipinski definition) is 2. The minimum Gasteiger partial charge on any atom is -0.396 e. The summed E-state index contributed by atoms with van der Waals surface area (Å²) in [7, 11) is 0. The van der Waals surface area contributed by atoms with Gasteiger partial charge in [-0.15, -0.1) is 0 Å². The molecule has 0 bridgehead atoms. The third-order valence-electron chi connectivity index (χ3n) is 2.56.